The summed E-state index contributed by atoms with van der Waals surface area (Å²) in [5.41, 5.74) is 3.76. The third kappa shape index (κ3) is 3.97. The lowest BCUT2D eigenvalue weighted by Crippen LogP contribution is -2.33. The fourth-order valence-electron chi connectivity index (χ4n) is 4.26. The summed E-state index contributed by atoms with van der Waals surface area (Å²) in [4.78, 5) is 36.1. The Morgan fingerprint density at radius 2 is 2.10 bits per heavy atom. The van der Waals surface area contributed by atoms with E-state index in [1.807, 2.05) is 25.1 Å². The SMILES string of the molecule is CC(=O)NC1CCc2ccc(Oc3cnc4[nH]cc(C(=O)NC(C)C5CC5)c4n3)cc21. The van der Waals surface area contributed by atoms with Gasteiger partial charge in [-0.25, -0.2) is 9.97 Å². The van der Waals surface area contributed by atoms with E-state index in [0.717, 1.165) is 31.2 Å². The molecule has 2 aromatic heterocycles. The minimum Gasteiger partial charge on any atom is -0.437 e. The Labute approximate surface area is 179 Å². The van der Waals surface area contributed by atoms with Gasteiger partial charge < -0.3 is 20.4 Å². The molecule has 160 valence electrons. The number of rotatable bonds is 6. The molecule has 0 spiro atoms. The number of carbonyl (C=O) groups is 2. The molecule has 3 N–H and O–H groups in total. The van der Waals surface area contributed by atoms with Crippen LogP contribution in [0.25, 0.3) is 11.2 Å². The molecule has 1 aromatic carbocycles. The van der Waals surface area contributed by atoms with Crippen LogP contribution >= 0.6 is 0 Å². The van der Waals surface area contributed by atoms with E-state index in [0.29, 0.717) is 34.3 Å². The topological polar surface area (TPSA) is 109 Å². The average Bonchev–Trinajstić information content (AvgIpc) is 3.40. The predicted octanol–water partition coefficient (Wildman–Crippen LogP) is 3.40. The van der Waals surface area contributed by atoms with E-state index in [1.165, 1.54) is 18.7 Å². The molecule has 1 saturated carbocycles. The van der Waals surface area contributed by atoms with E-state index < -0.39 is 0 Å². The number of nitrogens with zero attached hydrogens (tertiary/aromatic N) is 2. The minimum absolute atomic E-state index is 0.00181. The second kappa shape index (κ2) is 7.68. The first kappa shape index (κ1) is 19.5. The van der Waals surface area contributed by atoms with Gasteiger partial charge in [0.2, 0.25) is 11.8 Å². The number of nitrogens with one attached hydrogen (secondary N) is 3. The second-order valence-corrected chi connectivity index (χ2v) is 8.46. The highest BCUT2D eigenvalue weighted by Crippen LogP contribution is 2.35. The molecule has 2 atom stereocenters. The van der Waals surface area contributed by atoms with E-state index in [2.05, 4.69) is 25.6 Å². The van der Waals surface area contributed by atoms with Crippen LogP contribution in [0.1, 0.15) is 60.6 Å². The van der Waals surface area contributed by atoms with Crippen molar-refractivity contribution in [2.75, 3.05) is 0 Å². The molecular weight excluding hydrogens is 394 g/mol. The van der Waals surface area contributed by atoms with Crippen LogP contribution in [0.4, 0.5) is 0 Å². The Morgan fingerprint density at radius 3 is 2.87 bits per heavy atom. The first-order valence-electron chi connectivity index (χ1n) is 10.7. The van der Waals surface area contributed by atoms with Gasteiger partial charge in [-0.15, -0.1) is 0 Å². The van der Waals surface area contributed by atoms with Gasteiger partial charge in [-0.1, -0.05) is 6.07 Å². The monoisotopic (exact) mass is 419 g/mol. The van der Waals surface area contributed by atoms with Crippen molar-refractivity contribution < 1.29 is 14.3 Å². The van der Waals surface area contributed by atoms with Gasteiger partial charge in [-0.05, 0) is 61.8 Å². The van der Waals surface area contributed by atoms with Crippen LogP contribution in [0.2, 0.25) is 0 Å². The van der Waals surface area contributed by atoms with E-state index in [4.69, 9.17) is 4.74 Å². The smallest absolute Gasteiger partial charge is 0.255 e. The molecule has 3 aromatic rings. The zero-order chi connectivity index (χ0) is 21.5. The van der Waals surface area contributed by atoms with Gasteiger partial charge in [-0.2, -0.15) is 0 Å². The lowest BCUT2D eigenvalue weighted by Gasteiger charge is -2.14. The molecule has 8 heteroatoms. The molecule has 0 aliphatic heterocycles. The lowest BCUT2D eigenvalue weighted by atomic mass is 10.1. The number of hydrogen-bond donors (Lipinski definition) is 3. The number of aromatic amines is 1. The molecule has 31 heavy (non-hydrogen) atoms. The average molecular weight is 419 g/mol. The van der Waals surface area contributed by atoms with Crippen LogP contribution < -0.4 is 15.4 Å². The second-order valence-electron chi connectivity index (χ2n) is 8.46. The van der Waals surface area contributed by atoms with E-state index >= 15 is 0 Å². The maximum Gasteiger partial charge on any atom is 0.255 e. The Bertz CT molecular complexity index is 1170. The Kier molecular flexibility index (Phi) is 4.84. The highest BCUT2D eigenvalue weighted by molar-refractivity contribution is 6.04. The van der Waals surface area contributed by atoms with Crippen molar-refractivity contribution in [2.24, 2.45) is 5.92 Å². The normalized spacial score (nSPS) is 18.5. The molecule has 2 heterocycles. The third-order valence-corrected chi connectivity index (χ3v) is 6.09. The molecule has 2 aliphatic rings. The summed E-state index contributed by atoms with van der Waals surface area (Å²) in [5, 5.41) is 6.04. The zero-order valence-electron chi connectivity index (χ0n) is 17.6. The largest absolute Gasteiger partial charge is 0.437 e. The molecule has 2 amide bonds. The van der Waals surface area contributed by atoms with Crippen molar-refractivity contribution >= 4 is 23.0 Å². The third-order valence-electron chi connectivity index (χ3n) is 6.09. The first-order chi connectivity index (χ1) is 15.0. The molecule has 0 saturated heterocycles. The summed E-state index contributed by atoms with van der Waals surface area (Å²) in [6, 6.07) is 6.00. The number of carbonyl (C=O) groups excluding carboxylic acids is 2. The number of aromatic nitrogens is 3. The summed E-state index contributed by atoms with van der Waals surface area (Å²) < 4.78 is 5.97. The number of amides is 2. The maximum atomic E-state index is 12.7. The first-order valence-corrected chi connectivity index (χ1v) is 10.7. The van der Waals surface area contributed by atoms with Crippen LogP contribution in [0.5, 0.6) is 11.6 Å². The van der Waals surface area contributed by atoms with Gasteiger partial charge in [0.05, 0.1) is 17.8 Å². The number of ether oxygens (including phenoxy) is 1. The van der Waals surface area contributed by atoms with Gasteiger partial charge in [0.1, 0.15) is 11.3 Å². The molecular formula is C23H25N5O3. The minimum atomic E-state index is -0.159. The summed E-state index contributed by atoms with van der Waals surface area (Å²) in [5.74, 6) is 1.29. The summed E-state index contributed by atoms with van der Waals surface area (Å²) >= 11 is 0. The number of hydrogen-bond acceptors (Lipinski definition) is 5. The Morgan fingerprint density at radius 1 is 1.26 bits per heavy atom. The van der Waals surface area contributed by atoms with Crippen LogP contribution in [-0.4, -0.2) is 32.8 Å². The summed E-state index contributed by atoms with van der Waals surface area (Å²) in [6.45, 7) is 3.56. The molecule has 2 aliphatic carbocycles. The van der Waals surface area contributed by atoms with Gasteiger partial charge in [0.25, 0.3) is 5.91 Å². The molecule has 1 fully saturated rings. The molecule has 5 rings (SSSR count). The van der Waals surface area contributed by atoms with Crippen molar-refractivity contribution in [1.29, 1.82) is 0 Å². The Balaban J connectivity index is 1.37. The maximum absolute atomic E-state index is 12.7. The van der Waals surface area contributed by atoms with E-state index in [-0.39, 0.29) is 23.9 Å². The van der Waals surface area contributed by atoms with Crippen LogP contribution in [0.15, 0.2) is 30.6 Å². The molecule has 0 radical (unpaired) electrons. The highest BCUT2D eigenvalue weighted by atomic mass is 16.5. The molecule has 0 bridgehead atoms. The quantitative estimate of drug-likeness (QED) is 0.567. The fraction of sp³-hybridized carbons (Fsp3) is 0.391. The van der Waals surface area contributed by atoms with E-state index in [9.17, 15) is 9.59 Å². The fourth-order valence-corrected chi connectivity index (χ4v) is 4.26. The van der Waals surface area contributed by atoms with Crippen LogP contribution in [0.3, 0.4) is 0 Å². The number of fused-ring (bicyclic) bond motifs is 2. The Hall–Kier alpha value is -3.42. The van der Waals surface area contributed by atoms with Gasteiger partial charge in [0, 0.05) is 19.2 Å². The molecule has 8 nitrogen and oxygen atoms in total. The number of H-pyrrole nitrogens is 1. The highest BCUT2D eigenvalue weighted by Gasteiger charge is 2.30. The van der Waals surface area contributed by atoms with Gasteiger partial charge in [0.15, 0.2) is 5.65 Å². The predicted molar refractivity (Wildman–Crippen MR) is 115 cm³/mol. The summed E-state index contributed by atoms with van der Waals surface area (Å²) in [6.07, 6.45) is 7.30. The van der Waals surface area contributed by atoms with Crippen LogP contribution in [0, 0.1) is 5.92 Å². The van der Waals surface area contributed by atoms with Crippen molar-refractivity contribution in [1.82, 2.24) is 25.6 Å². The number of benzene rings is 1. The number of aryl methyl sites for hydroxylation is 1. The van der Waals surface area contributed by atoms with Gasteiger partial charge >= 0.3 is 0 Å². The van der Waals surface area contributed by atoms with Crippen molar-refractivity contribution in [3.63, 3.8) is 0 Å². The van der Waals surface area contributed by atoms with Gasteiger partial charge in [-0.3, -0.25) is 9.59 Å². The molecule has 2 unspecified atom stereocenters. The summed E-state index contributed by atoms with van der Waals surface area (Å²) in [7, 11) is 0. The lowest BCUT2D eigenvalue weighted by molar-refractivity contribution is -0.119. The van der Waals surface area contributed by atoms with Crippen molar-refractivity contribution in [3.05, 3.63) is 47.3 Å². The van der Waals surface area contributed by atoms with E-state index in [1.54, 1.807) is 6.20 Å². The van der Waals surface area contributed by atoms with Crippen molar-refractivity contribution in [2.45, 2.75) is 51.6 Å². The zero-order valence-corrected chi connectivity index (χ0v) is 17.6. The van der Waals surface area contributed by atoms with Crippen molar-refractivity contribution in [3.8, 4) is 11.6 Å². The standard InChI is InChI=1S/C23H25N5O3/c1-12(14-3-4-14)26-23(30)18-10-24-22-21(18)28-20(11-25-22)31-16-7-5-15-6-8-19(17(15)9-16)27-13(2)29/h5,7,9-12,14,19H,3-4,6,8H2,1-2H3,(H,24,25)(H,26,30)(H,27,29). The van der Waals surface area contributed by atoms with Crippen LogP contribution in [-0.2, 0) is 11.2 Å².